The molecule has 5 nitrogen and oxygen atoms in total. The number of halogens is 2. The van der Waals surface area contributed by atoms with E-state index in [9.17, 15) is 4.79 Å². The number of nitrogens with one attached hydrogen (secondary N) is 1. The highest BCUT2D eigenvalue weighted by atomic mass is 35.5. The van der Waals surface area contributed by atoms with Gasteiger partial charge in [0.05, 0.1) is 17.8 Å². The van der Waals surface area contributed by atoms with Gasteiger partial charge < -0.3 is 14.6 Å². The molecule has 0 radical (unpaired) electrons. The SMILES string of the molecule is COc1ccc(NC(=O)c2c(C)noc2-c2ccc(Cl)cc2)cc1Cl. The maximum absolute atomic E-state index is 12.7. The lowest BCUT2D eigenvalue weighted by atomic mass is 10.1. The maximum atomic E-state index is 12.7. The molecule has 0 aliphatic heterocycles. The lowest BCUT2D eigenvalue weighted by Crippen LogP contribution is -2.13. The van der Waals surface area contributed by atoms with Crippen LogP contribution in [0, 0.1) is 6.92 Å². The summed E-state index contributed by atoms with van der Waals surface area (Å²) in [4.78, 5) is 12.7. The van der Waals surface area contributed by atoms with E-state index in [2.05, 4.69) is 10.5 Å². The third kappa shape index (κ3) is 3.62. The highest BCUT2D eigenvalue weighted by molar-refractivity contribution is 6.32. The van der Waals surface area contributed by atoms with E-state index in [1.54, 1.807) is 49.4 Å². The van der Waals surface area contributed by atoms with Gasteiger partial charge in [-0.15, -0.1) is 0 Å². The van der Waals surface area contributed by atoms with Crippen molar-refractivity contribution in [2.75, 3.05) is 12.4 Å². The zero-order valence-corrected chi connectivity index (χ0v) is 15.0. The smallest absolute Gasteiger partial charge is 0.261 e. The molecule has 0 saturated heterocycles. The van der Waals surface area contributed by atoms with Crippen LogP contribution in [0.5, 0.6) is 5.75 Å². The quantitative estimate of drug-likeness (QED) is 0.677. The van der Waals surface area contributed by atoms with Crippen molar-refractivity contribution in [3.05, 3.63) is 63.8 Å². The minimum atomic E-state index is -0.343. The minimum Gasteiger partial charge on any atom is -0.495 e. The van der Waals surface area contributed by atoms with Crippen LogP contribution in [0.3, 0.4) is 0 Å². The summed E-state index contributed by atoms with van der Waals surface area (Å²) in [6.45, 7) is 1.71. The molecular weight excluding hydrogens is 363 g/mol. The number of aryl methyl sites for hydroxylation is 1. The molecule has 7 heteroatoms. The number of ether oxygens (including phenoxy) is 1. The molecule has 0 aliphatic carbocycles. The Morgan fingerprint density at radius 1 is 1.16 bits per heavy atom. The van der Waals surface area contributed by atoms with E-state index in [-0.39, 0.29) is 5.91 Å². The predicted molar refractivity (Wildman–Crippen MR) is 97.6 cm³/mol. The summed E-state index contributed by atoms with van der Waals surface area (Å²) in [7, 11) is 1.53. The second-order valence-corrected chi connectivity index (χ2v) is 6.13. The molecule has 0 spiro atoms. The average molecular weight is 377 g/mol. The molecule has 1 heterocycles. The van der Waals surface area contributed by atoms with Crippen molar-refractivity contribution in [3.63, 3.8) is 0 Å². The number of benzene rings is 2. The third-order valence-corrected chi connectivity index (χ3v) is 4.15. The fraction of sp³-hybridized carbons (Fsp3) is 0.111. The predicted octanol–water partition coefficient (Wildman–Crippen LogP) is 5.22. The number of hydrogen-bond donors (Lipinski definition) is 1. The zero-order valence-electron chi connectivity index (χ0n) is 13.5. The first kappa shape index (κ1) is 17.3. The number of rotatable bonds is 4. The van der Waals surface area contributed by atoms with Crippen molar-refractivity contribution in [2.45, 2.75) is 6.92 Å². The topological polar surface area (TPSA) is 64.4 Å². The van der Waals surface area contributed by atoms with E-state index in [1.807, 2.05) is 0 Å². The van der Waals surface area contributed by atoms with Gasteiger partial charge in [0, 0.05) is 16.3 Å². The standard InChI is InChI=1S/C18H14Cl2N2O3/c1-10-16(17(25-22-10)11-3-5-12(19)6-4-11)18(23)21-13-7-8-15(24-2)14(20)9-13/h3-9H,1-2H3,(H,21,23). The summed E-state index contributed by atoms with van der Waals surface area (Å²) >= 11 is 12.0. The molecule has 1 amide bonds. The van der Waals surface area contributed by atoms with Gasteiger partial charge >= 0.3 is 0 Å². The van der Waals surface area contributed by atoms with E-state index < -0.39 is 0 Å². The summed E-state index contributed by atoms with van der Waals surface area (Å²) in [5.41, 5.74) is 2.10. The van der Waals surface area contributed by atoms with E-state index >= 15 is 0 Å². The van der Waals surface area contributed by atoms with Crippen LogP contribution in [0.15, 0.2) is 47.0 Å². The van der Waals surface area contributed by atoms with Crippen LogP contribution in [0.4, 0.5) is 5.69 Å². The molecule has 3 aromatic rings. The van der Waals surface area contributed by atoms with Gasteiger partial charge in [0.25, 0.3) is 5.91 Å². The first-order valence-corrected chi connectivity index (χ1v) is 8.12. The Morgan fingerprint density at radius 3 is 2.52 bits per heavy atom. The summed E-state index contributed by atoms with van der Waals surface area (Å²) in [5, 5.41) is 7.70. The Morgan fingerprint density at radius 2 is 1.88 bits per heavy atom. The largest absolute Gasteiger partial charge is 0.495 e. The molecule has 0 atom stereocenters. The van der Waals surface area contributed by atoms with E-state index in [0.29, 0.717) is 44.1 Å². The molecule has 0 saturated carbocycles. The summed E-state index contributed by atoms with van der Waals surface area (Å²) in [6.07, 6.45) is 0. The van der Waals surface area contributed by atoms with E-state index in [1.165, 1.54) is 7.11 Å². The van der Waals surface area contributed by atoms with Gasteiger partial charge in [0.2, 0.25) is 0 Å². The normalized spacial score (nSPS) is 10.6. The monoisotopic (exact) mass is 376 g/mol. The Hall–Kier alpha value is -2.50. The minimum absolute atomic E-state index is 0.343. The van der Waals surface area contributed by atoms with Gasteiger partial charge in [-0.1, -0.05) is 28.4 Å². The van der Waals surface area contributed by atoms with Crippen LogP contribution < -0.4 is 10.1 Å². The number of carbonyl (C=O) groups excluding carboxylic acids is 1. The van der Waals surface area contributed by atoms with Crippen LogP contribution in [-0.2, 0) is 0 Å². The van der Waals surface area contributed by atoms with Crippen LogP contribution in [0.25, 0.3) is 11.3 Å². The number of carbonyl (C=O) groups is 1. The number of amides is 1. The van der Waals surface area contributed by atoms with E-state index in [0.717, 1.165) is 0 Å². The molecule has 3 rings (SSSR count). The Labute approximate surface area is 154 Å². The van der Waals surface area contributed by atoms with Gasteiger partial charge in [-0.2, -0.15) is 0 Å². The van der Waals surface area contributed by atoms with Crippen LogP contribution in [0.1, 0.15) is 16.1 Å². The number of nitrogens with zero attached hydrogens (tertiary/aromatic N) is 1. The summed E-state index contributed by atoms with van der Waals surface area (Å²) in [5.74, 6) is 0.568. The Bertz CT molecular complexity index is 921. The third-order valence-electron chi connectivity index (χ3n) is 3.61. The molecule has 1 N–H and O–H groups in total. The van der Waals surface area contributed by atoms with Crippen molar-refractivity contribution < 1.29 is 14.1 Å². The van der Waals surface area contributed by atoms with Crippen LogP contribution >= 0.6 is 23.2 Å². The van der Waals surface area contributed by atoms with Gasteiger partial charge in [0.1, 0.15) is 11.3 Å². The van der Waals surface area contributed by atoms with Crippen LogP contribution in [0.2, 0.25) is 10.0 Å². The van der Waals surface area contributed by atoms with Gasteiger partial charge in [-0.25, -0.2) is 0 Å². The number of aromatic nitrogens is 1. The molecule has 0 unspecified atom stereocenters. The Balaban J connectivity index is 1.91. The molecule has 0 bridgehead atoms. The molecule has 128 valence electrons. The summed E-state index contributed by atoms with van der Waals surface area (Å²) in [6, 6.07) is 12.0. The highest BCUT2D eigenvalue weighted by Crippen LogP contribution is 2.30. The fourth-order valence-electron chi connectivity index (χ4n) is 2.37. The molecule has 2 aromatic carbocycles. The molecule has 0 aliphatic rings. The van der Waals surface area contributed by atoms with Gasteiger partial charge in [0.15, 0.2) is 5.76 Å². The summed E-state index contributed by atoms with van der Waals surface area (Å²) < 4.78 is 10.4. The van der Waals surface area contributed by atoms with Crippen molar-refractivity contribution in [1.29, 1.82) is 0 Å². The van der Waals surface area contributed by atoms with Crippen molar-refractivity contribution in [1.82, 2.24) is 5.16 Å². The number of methoxy groups -OCH3 is 1. The molecule has 0 fully saturated rings. The number of hydrogen-bond acceptors (Lipinski definition) is 4. The molecule has 1 aromatic heterocycles. The van der Waals surface area contributed by atoms with Gasteiger partial charge in [-0.3, -0.25) is 4.79 Å². The lowest BCUT2D eigenvalue weighted by Gasteiger charge is -2.08. The second-order valence-electron chi connectivity index (χ2n) is 5.28. The first-order valence-electron chi connectivity index (χ1n) is 7.36. The molecule has 25 heavy (non-hydrogen) atoms. The van der Waals surface area contributed by atoms with Crippen molar-refractivity contribution in [3.8, 4) is 17.1 Å². The fourth-order valence-corrected chi connectivity index (χ4v) is 2.76. The number of anilines is 1. The van der Waals surface area contributed by atoms with Crippen molar-refractivity contribution >= 4 is 34.8 Å². The second kappa shape index (κ2) is 7.17. The van der Waals surface area contributed by atoms with E-state index in [4.69, 9.17) is 32.5 Å². The van der Waals surface area contributed by atoms with Gasteiger partial charge in [-0.05, 0) is 49.4 Å². The average Bonchev–Trinajstić information content (AvgIpc) is 2.97. The maximum Gasteiger partial charge on any atom is 0.261 e. The molecular formula is C18H14Cl2N2O3. The highest BCUT2D eigenvalue weighted by Gasteiger charge is 2.22. The first-order chi connectivity index (χ1) is 12.0. The lowest BCUT2D eigenvalue weighted by molar-refractivity contribution is 0.102. The Kier molecular flexibility index (Phi) is 4.97. The van der Waals surface area contributed by atoms with Crippen LogP contribution in [-0.4, -0.2) is 18.2 Å². The zero-order chi connectivity index (χ0) is 18.0. The van der Waals surface area contributed by atoms with Crippen molar-refractivity contribution in [2.24, 2.45) is 0 Å².